The number of nitrogens with zero attached hydrogens (tertiary/aromatic N) is 1. The predicted octanol–water partition coefficient (Wildman–Crippen LogP) is 3.16. The van der Waals surface area contributed by atoms with Crippen LogP contribution in [-0.4, -0.2) is 43.2 Å². The van der Waals surface area contributed by atoms with Crippen LogP contribution < -0.4 is 25.5 Å². The highest BCUT2D eigenvalue weighted by Gasteiger charge is 2.26. The Bertz CT molecular complexity index is 1070. The lowest BCUT2D eigenvalue weighted by atomic mass is 10.1. The van der Waals surface area contributed by atoms with Gasteiger partial charge in [0.25, 0.3) is 5.91 Å². The second-order valence-electron chi connectivity index (χ2n) is 7.60. The lowest BCUT2D eigenvalue weighted by molar-refractivity contribution is -0.139. The van der Waals surface area contributed by atoms with E-state index in [9.17, 15) is 14.4 Å². The van der Waals surface area contributed by atoms with Crippen LogP contribution in [0.1, 0.15) is 37.8 Å². The van der Waals surface area contributed by atoms with Crippen LogP contribution in [0.3, 0.4) is 0 Å². The number of hydrogen-bond donors (Lipinski definition) is 3. The molecule has 1 saturated carbocycles. The first-order valence-electron chi connectivity index (χ1n) is 11.0. The first-order valence-corrected chi connectivity index (χ1v) is 11.8. The number of benzene rings is 2. The molecule has 0 spiro atoms. The summed E-state index contributed by atoms with van der Waals surface area (Å²) < 4.78 is 11.9. The minimum atomic E-state index is -0.831. The van der Waals surface area contributed by atoms with Crippen molar-refractivity contribution in [1.82, 2.24) is 10.7 Å². The summed E-state index contributed by atoms with van der Waals surface area (Å²) in [7, 11) is 0. The molecule has 0 radical (unpaired) electrons. The Labute approximate surface area is 206 Å². The first-order chi connectivity index (χ1) is 16.4. The van der Waals surface area contributed by atoms with Crippen LogP contribution in [0.4, 0.5) is 5.69 Å². The summed E-state index contributed by atoms with van der Waals surface area (Å²) in [5, 5.41) is 9.21. The molecule has 1 fully saturated rings. The van der Waals surface area contributed by atoms with E-state index in [2.05, 4.69) is 44.0 Å². The van der Waals surface area contributed by atoms with E-state index >= 15 is 0 Å². The number of ether oxygens (including phenoxy) is 2. The zero-order valence-electron chi connectivity index (χ0n) is 19.0. The van der Waals surface area contributed by atoms with Crippen molar-refractivity contribution in [2.75, 3.05) is 18.5 Å². The highest BCUT2D eigenvalue weighted by Crippen LogP contribution is 2.36. The molecule has 3 rings (SSSR count). The number of aryl methyl sites for hydroxylation is 1. The summed E-state index contributed by atoms with van der Waals surface area (Å²) >= 11 is 3.43. The fourth-order valence-corrected chi connectivity index (χ4v) is 3.49. The Balaban J connectivity index is 1.60. The fraction of sp³-hybridized carbons (Fsp3) is 0.333. The normalized spacial score (nSPS) is 12.8. The van der Waals surface area contributed by atoms with E-state index in [4.69, 9.17) is 9.47 Å². The quantitative estimate of drug-likeness (QED) is 0.247. The van der Waals surface area contributed by atoms with Gasteiger partial charge in [0.1, 0.15) is 0 Å². The summed E-state index contributed by atoms with van der Waals surface area (Å²) in [4.78, 5) is 35.8. The maximum atomic E-state index is 12.3. The third-order valence-electron chi connectivity index (χ3n) is 4.82. The molecule has 34 heavy (non-hydrogen) atoms. The molecule has 0 unspecified atom stereocenters. The summed E-state index contributed by atoms with van der Waals surface area (Å²) in [6, 6.07) is 11.1. The van der Waals surface area contributed by atoms with Crippen LogP contribution in [0, 0.1) is 0 Å². The van der Waals surface area contributed by atoms with Crippen molar-refractivity contribution in [3.63, 3.8) is 0 Å². The minimum Gasteiger partial charge on any atom is -0.490 e. The average Bonchev–Trinajstić information content (AvgIpc) is 3.63. The summed E-state index contributed by atoms with van der Waals surface area (Å²) in [6.07, 6.45) is 4.08. The van der Waals surface area contributed by atoms with E-state index in [1.165, 1.54) is 11.8 Å². The van der Waals surface area contributed by atoms with Gasteiger partial charge in [-0.05, 0) is 77.5 Å². The second kappa shape index (κ2) is 12.2. The molecule has 2 aromatic rings. The molecule has 0 atom stereocenters. The molecule has 1 aliphatic rings. The molecule has 1 aliphatic carbocycles. The summed E-state index contributed by atoms with van der Waals surface area (Å²) in [5.74, 6) is -1.09. The molecule has 0 saturated heterocycles. The van der Waals surface area contributed by atoms with Gasteiger partial charge in [0.05, 0.1) is 17.3 Å². The smallest absolute Gasteiger partial charge is 0.329 e. The van der Waals surface area contributed by atoms with Gasteiger partial charge in [0, 0.05) is 11.7 Å². The third kappa shape index (κ3) is 7.58. The number of amides is 3. The van der Waals surface area contributed by atoms with Gasteiger partial charge in [-0.1, -0.05) is 19.1 Å². The summed E-state index contributed by atoms with van der Waals surface area (Å²) in [5.41, 5.74) is 4.66. The number of nitrogens with one attached hydrogen (secondary N) is 3. The van der Waals surface area contributed by atoms with Gasteiger partial charge in [-0.2, -0.15) is 5.10 Å². The lowest BCUT2D eigenvalue weighted by Gasteiger charge is -2.14. The van der Waals surface area contributed by atoms with E-state index in [-0.39, 0.29) is 18.6 Å². The van der Waals surface area contributed by atoms with Gasteiger partial charge in [-0.3, -0.25) is 14.4 Å². The Morgan fingerprint density at radius 2 is 1.82 bits per heavy atom. The molecule has 180 valence electrons. The number of anilines is 1. The largest absolute Gasteiger partial charge is 0.490 e. The van der Waals surface area contributed by atoms with Crippen molar-refractivity contribution in [2.24, 2.45) is 5.10 Å². The van der Waals surface area contributed by atoms with Gasteiger partial charge in [-0.25, -0.2) is 5.43 Å². The van der Waals surface area contributed by atoms with Crippen LogP contribution in [0.5, 0.6) is 11.5 Å². The predicted molar refractivity (Wildman–Crippen MR) is 132 cm³/mol. The molecule has 9 nitrogen and oxygen atoms in total. The molecule has 0 aliphatic heterocycles. The summed E-state index contributed by atoms with van der Waals surface area (Å²) in [6.45, 7) is 4.05. The van der Waals surface area contributed by atoms with Crippen LogP contribution in [0.15, 0.2) is 46.0 Å². The molecule has 0 bridgehead atoms. The van der Waals surface area contributed by atoms with E-state index in [1.54, 1.807) is 12.1 Å². The molecular weight excluding hydrogens is 504 g/mol. The number of carbonyl (C=O) groups is 3. The molecule has 3 amide bonds. The average molecular weight is 531 g/mol. The number of rotatable bonds is 10. The molecule has 0 heterocycles. The second-order valence-corrected chi connectivity index (χ2v) is 8.45. The van der Waals surface area contributed by atoms with Crippen LogP contribution in [0.25, 0.3) is 0 Å². The van der Waals surface area contributed by atoms with Gasteiger partial charge in [0.2, 0.25) is 0 Å². The number of carbonyl (C=O) groups excluding carboxylic acids is 3. The monoisotopic (exact) mass is 530 g/mol. The fourth-order valence-electron chi connectivity index (χ4n) is 2.92. The standard InChI is InChI=1S/C24H27BrN4O5/c1-3-15-5-7-17(8-6-15)27-21(30)14-34-22-19(25)11-16(12-20(22)33-4-2)13-26-29-24(32)23(31)28-18-9-10-18/h5-8,11-13,18H,3-4,9-10,14H2,1-2H3,(H,27,30)(H,28,31)(H,29,32)/b26-13-. The maximum absolute atomic E-state index is 12.3. The van der Waals surface area contributed by atoms with Crippen LogP contribution >= 0.6 is 15.9 Å². The minimum absolute atomic E-state index is 0.0863. The molecule has 0 aromatic heterocycles. The number of hydrogen-bond acceptors (Lipinski definition) is 6. The Morgan fingerprint density at radius 3 is 2.47 bits per heavy atom. The van der Waals surface area contributed by atoms with Crippen molar-refractivity contribution < 1.29 is 23.9 Å². The SMILES string of the molecule is CCOc1cc(/C=N\NC(=O)C(=O)NC2CC2)cc(Br)c1OCC(=O)Nc1ccc(CC)cc1. The van der Waals surface area contributed by atoms with E-state index < -0.39 is 11.8 Å². The van der Waals surface area contributed by atoms with Crippen molar-refractivity contribution in [1.29, 1.82) is 0 Å². The third-order valence-corrected chi connectivity index (χ3v) is 5.41. The van der Waals surface area contributed by atoms with Gasteiger partial charge in [0.15, 0.2) is 18.1 Å². The van der Waals surface area contributed by atoms with Crippen molar-refractivity contribution in [3.8, 4) is 11.5 Å². The van der Waals surface area contributed by atoms with Crippen molar-refractivity contribution in [2.45, 2.75) is 39.2 Å². The van der Waals surface area contributed by atoms with E-state index in [0.29, 0.717) is 33.8 Å². The van der Waals surface area contributed by atoms with Crippen LogP contribution in [-0.2, 0) is 20.8 Å². The number of hydrazone groups is 1. The Kier molecular flexibility index (Phi) is 9.03. The Morgan fingerprint density at radius 1 is 1.09 bits per heavy atom. The lowest BCUT2D eigenvalue weighted by Crippen LogP contribution is -2.38. The maximum Gasteiger partial charge on any atom is 0.329 e. The molecule has 2 aromatic carbocycles. The zero-order chi connectivity index (χ0) is 24.5. The Hall–Kier alpha value is -3.40. The van der Waals surface area contributed by atoms with Gasteiger partial charge >= 0.3 is 11.8 Å². The zero-order valence-corrected chi connectivity index (χ0v) is 20.6. The number of halogens is 1. The topological polar surface area (TPSA) is 118 Å². The van der Waals surface area contributed by atoms with Gasteiger partial charge < -0.3 is 20.1 Å². The molecular formula is C24H27BrN4O5. The van der Waals surface area contributed by atoms with Crippen LogP contribution in [0.2, 0.25) is 0 Å². The van der Waals surface area contributed by atoms with Crippen molar-refractivity contribution >= 4 is 45.6 Å². The van der Waals surface area contributed by atoms with E-state index in [0.717, 1.165) is 19.3 Å². The molecule has 10 heteroatoms. The first kappa shape index (κ1) is 25.2. The van der Waals surface area contributed by atoms with E-state index in [1.807, 2.05) is 31.2 Å². The highest BCUT2D eigenvalue weighted by atomic mass is 79.9. The highest BCUT2D eigenvalue weighted by molar-refractivity contribution is 9.10. The van der Waals surface area contributed by atoms with Crippen molar-refractivity contribution in [3.05, 3.63) is 52.0 Å². The van der Waals surface area contributed by atoms with Gasteiger partial charge in [-0.15, -0.1) is 0 Å². The molecule has 3 N–H and O–H groups in total.